The van der Waals surface area contributed by atoms with E-state index < -0.39 is 0 Å². The van der Waals surface area contributed by atoms with E-state index in [1.165, 1.54) is 11.1 Å². The maximum atomic E-state index is 11.7. The number of esters is 1. The van der Waals surface area contributed by atoms with Gasteiger partial charge in [-0.05, 0) is 45.3 Å². The molecule has 0 N–H and O–H groups in total. The average molecular weight is 287 g/mol. The number of hydrogen-bond acceptors (Lipinski definition) is 3. The molecule has 1 fully saturated rings. The zero-order chi connectivity index (χ0) is 15.1. The quantitative estimate of drug-likeness (QED) is 0.778. The van der Waals surface area contributed by atoms with Crippen LogP contribution in [-0.4, -0.2) is 37.1 Å². The summed E-state index contributed by atoms with van der Waals surface area (Å²) in [6.07, 6.45) is 4.06. The number of carbonyl (C=O) groups is 1. The Morgan fingerprint density at radius 3 is 2.57 bits per heavy atom. The summed E-state index contributed by atoms with van der Waals surface area (Å²) in [4.78, 5) is 14.1. The predicted octanol–water partition coefficient (Wildman–Crippen LogP) is 3.37. The third-order valence-corrected chi connectivity index (χ3v) is 3.89. The van der Waals surface area contributed by atoms with E-state index in [1.807, 2.05) is 13.0 Å². The van der Waals surface area contributed by atoms with E-state index >= 15 is 0 Å². The molecular formula is C18H25NO2. The Labute approximate surface area is 127 Å². The van der Waals surface area contributed by atoms with Crippen molar-refractivity contribution in [2.75, 3.05) is 26.2 Å². The van der Waals surface area contributed by atoms with Gasteiger partial charge >= 0.3 is 5.97 Å². The Morgan fingerprint density at radius 1 is 1.29 bits per heavy atom. The van der Waals surface area contributed by atoms with Gasteiger partial charge in [0.2, 0.25) is 0 Å². The molecule has 1 heterocycles. The lowest BCUT2D eigenvalue weighted by Gasteiger charge is -2.31. The summed E-state index contributed by atoms with van der Waals surface area (Å²) < 4.78 is 5.11. The van der Waals surface area contributed by atoms with E-state index in [4.69, 9.17) is 4.74 Å². The molecule has 3 heteroatoms. The van der Waals surface area contributed by atoms with Crippen molar-refractivity contribution in [1.29, 1.82) is 0 Å². The van der Waals surface area contributed by atoms with Gasteiger partial charge in [-0.25, -0.2) is 0 Å². The lowest BCUT2D eigenvalue weighted by atomic mass is 9.96. The molecule has 0 aliphatic carbocycles. The molecule has 0 aromatic heterocycles. The Kier molecular flexibility index (Phi) is 6.00. The Morgan fingerprint density at radius 2 is 1.95 bits per heavy atom. The number of nitrogens with zero attached hydrogens (tertiary/aromatic N) is 1. The van der Waals surface area contributed by atoms with Gasteiger partial charge in [0.25, 0.3) is 0 Å². The monoisotopic (exact) mass is 287 g/mol. The molecule has 1 aromatic carbocycles. The molecule has 1 saturated heterocycles. The van der Waals surface area contributed by atoms with Crippen LogP contribution in [0.25, 0.3) is 6.08 Å². The van der Waals surface area contributed by atoms with Crippen molar-refractivity contribution in [2.24, 2.45) is 5.92 Å². The molecule has 0 spiro atoms. The number of rotatable bonds is 5. The molecule has 0 atom stereocenters. The average Bonchev–Trinajstić information content (AvgIpc) is 2.49. The van der Waals surface area contributed by atoms with Gasteiger partial charge in [-0.15, -0.1) is 0 Å². The zero-order valence-electron chi connectivity index (χ0n) is 13.0. The Balaban J connectivity index is 1.81. The molecule has 1 aliphatic heterocycles. The first kappa shape index (κ1) is 15.8. The van der Waals surface area contributed by atoms with Gasteiger partial charge in [-0.1, -0.05) is 42.0 Å². The molecular weight excluding hydrogens is 262 g/mol. The first-order valence-electron chi connectivity index (χ1n) is 7.80. The predicted molar refractivity (Wildman–Crippen MR) is 85.9 cm³/mol. The minimum atomic E-state index is -0.0197. The number of piperidine rings is 1. The van der Waals surface area contributed by atoms with Crippen LogP contribution in [0.5, 0.6) is 0 Å². The first-order valence-corrected chi connectivity index (χ1v) is 7.80. The summed E-state index contributed by atoms with van der Waals surface area (Å²) in [5, 5.41) is 0. The van der Waals surface area contributed by atoms with Crippen molar-refractivity contribution in [2.45, 2.75) is 26.7 Å². The SMILES string of the molecule is CCOC(=O)C1CCN(CC(C)=Cc2ccccc2)CC1. The van der Waals surface area contributed by atoms with Crippen molar-refractivity contribution < 1.29 is 9.53 Å². The van der Waals surface area contributed by atoms with Crippen molar-refractivity contribution in [3.05, 3.63) is 41.5 Å². The number of benzene rings is 1. The van der Waals surface area contributed by atoms with Gasteiger partial charge in [0.05, 0.1) is 12.5 Å². The summed E-state index contributed by atoms with van der Waals surface area (Å²) in [6.45, 7) is 7.45. The molecule has 2 rings (SSSR count). The molecule has 114 valence electrons. The van der Waals surface area contributed by atoms with Gasteiger partial charge in [0.1, 0.15) is 0 Å². The van der Waals surface area contributed by atoms with Crippen LogP contribution in [0, 0.1) is 5.92 Å². The van der Waals surface area contributed by atoms with Crippen molar-refractivity contribution in [3.63, 3.8) is 0 Å². The van der Waals surface area contributed by atoms with E-state index in [1.54, 1.807) is 0 Å². The fraction of sp³-hybridized carbons (Fsp3) is 0.500. The Hall–Kier alpha value is -1.61. The van der Waals surface area contributed by atoms with E-state index in [9.17, 15) is 4.79 Å². The van der Waals surface area contributed by atoms with Crippen LogP contribution in [0.2, 0.25) is 0 Å². The summed E-state index contributed by atoms with van der Waals surface area (Å²) in [5.74, 6) is 0.0771. The normalized spacial score (nSPS) is 17.7. The smallest absolute Gasteiger partial charge is 0.309 e. The third kappa shape index (κ3) is 5.01. The fourth-order valence-corrected chi connectivity index (χ4v) is 2.82. The molecule has 21 heavy (non-hydrogen) atoms. The summed E-state index contributed by atoms with van der Waals surface area (Å²) >= 11 is 0. The second-order valence-electron chi connectivity index (χ2n) is 5.70. The number of ether oxygens (including phenoxy) is 1. The van der Waals surface area contributed by atoms with E-state index in [0.29, 0.717) is 6.61 Å². The zero-order valence-corrected chi connectivity index (χ0v) is 13.0. The van der Waals surface area contributed by atoms with Gasteiger partial charge < -0.3 is 4.74 Å². The largest absolute Gasteiger partial charge is 0.466 e. The summed E-state index contributed by atoms with van der Waals surface area (Å²) in [7, 11) is 0. The van der Waals surface area contributed by atoms with Crippen LogP contribution in [0.4, 0.5) is 0 Å². The van der Waals surface area contributed by atoms with E-state index in [0.717, 1.165) is 32.5 Å². The van der Waals surface area contributed by atoms with Gasteiger partial charge in [0.15, 0.2) is 0 Å². The van der Waals surface area contributed by atoms with Crippen LogP contribution in [-0.2, 0) is 9.53 Å². The minimum Gasteiger partial charge on any atom is -0.466 e. The van der Waals surface area contributed by atoms with Crippen LogP contribution >= 0.6 is 0 Å². The lowest BCUT2D eigenvalue weighted by molar-refractivity contribution is -0.149. The van der Waals surface area contributed by atoms with Crippen LogP contribution < -0.4 is 0 Å². The maximum Gasteiger partial charge on any atom is 0.309 e. The molecule has 3 nitrogen and oxygen atoms in total. The minimum absolute atomic E-state index is 0.0197. The Bertz CT molecular complexity index is 473. The van der Waals surface area contributed by atoms with Crippen LogP contribution in [0.3, 0.4) is 0 Å². The number of likely N-dealkylation sites (tertiary alicyclic amines) is 1. The maximum absolute atomic E-state index is 11.7. The molecule has 0 amide bonds. The number of hydrogen-bond donors (Lipinski definition) is 0. The second-order valence-corrected chi connectivity index (χ2v) is 5.70. The van der Waals surface area contributed by atoms with Crippen LogP contribution in [0.1, 0.15) is 32.3 Å². The molecule has 0 unspecified atom stereocenters. The second kappa shape index (κ2) is 7.99. The fourth-order valence-electron chi connectivity index (χ4n) is 2.82. The van der Waals surface area contributed by atoms with Crippen molar-refractivity contribution >= 4 is 12.0 Å². The van der Waals surface area contributed by atoms with Crippen molar-refractivity contribution in [1.82, 2.24) is 4.90 Å². The molecule has 1 aromatic rings. The highest BCUT2D eigenvalue weighted by Crippen LogP contribution is 2.19. The van der Waals surface area contributed by atoms with Crippen molar-refractivity contribution in [3.8, 4) is 0 Å². The molecule has 1 aliphatic rings. The molecule has 0 bridgehead atoms. The van der Waals surface area contributed by atoms with E-state index in [2.05, 4.69) is 42.2 Å². The number of carbonyl (C=O) groups excluding carboxylic acids is 1. The molecule has 0 saturated carbocycles. The van der Waals surface area contributed by atoms with Crippen LogP contribution in [0.15, 0.2) is 35.9 Å². The summed E-state index contributed by atoms with van der Waals surface area (Å²) in [5.41, 5.74) is 2.60. The lowest BCUT2D eigenvalue weighted by Crippen LogP contribution is -2.37. The van der Waals surface area contributed by atoms with E-state index in [-0.39, 0.29) is 11.9 Å². The van der Waals surface area contributed by atoms with Gasteiger partial charge in [-0.3, -0.25) is 9.69 Å². The molecule has 0 radical (unpaired) electrons. The van der Waals surface area contributed by atoms with Gasteiger partial charge in [0, 0.05) is 6.54 Å². The highest BCUT2D eigenvalue weighted by molar-refractivity contribution is 5.72. The standard InChI is InChI=1S/C18H25NO2/c1-3-21-18(20)17-9-11-19(12-10-17)14-15(2)13-16-7-5-4-6-8-16/h4-8,13,17H,3,9-12,14H2,1-2H3. The topological polar surface area (TPSA) is 29.5 Å². The first-order chi connectivity index (χ1) is 10.2. The van der Waals surface area contributed by atoms with Gasteiger partial charge in [-0.2, -0.15) is 0 Å². The highest BCUT2D eigenvalue weighted by Gasteiger charge is 2.25. The highest BCUT2D eigenvalue weighted by atomic mass is 16.5. The summed E-state index contributed by atoms with van der Waals surface area (Å²) in [6, 6.07) is 10.4. The third-order valence-electron chi connectivity index (χ3n) is 3.89.